The summed E-state index contributed by atoms with van der Waals surface area (Å²) in [7, 11) is 0. The van der Waals surface area contributed by atoms with Crippen molar-refractivity contribution < 1.29 is 22.7 Å². The van der Waals surface area contributed by atoms with Crippen molar-refractivity contribution in [2.45, 2.75) is 39.0 Å². The Morgan fingerprint density at radius 2 is 2.07 bits per heavy atom. The molecule has 1 atom stereocenters. The fourth-order valence-electron chi connectivity index (χ4n) is 3.55. The number of hydrogen-bond acceptors (Lipinski definition) is 4. The summed E-state index contributed by atoms with van der Waals surface area (Å²) in [5.41, 5.74) is 2.06. The van der Waals surface area contributed by atoms with Crippen LogP contribution in [0.25, 0.3) is 10.2 Å². The highest BCUT2D eigenvalue weighted by Crippen LogP contribution is 2.34. The number of aryl methyl sites for hydroxylation is 2. The number of carbonyl (C=O) groups excluding carboxylic acids is 1. The van der Waals surface area contributed by atoms with Crippen LogP contribution >= 0.6 is 11.3 Å². The fourth-order valence-corrected chi connectivity index (χ4v) is 4.59. The maximum absolute atomic E-state index is 13.3. The summed E-state index contributed by atoms with van der Waals surface area (Å²) in [6.07, 6.45) is -2.97. The predicted octanol–water partition coefficient (Wildman–Crippen LogP) is 5.76. The molecule has 3 aromatic rings. The number of aromatic nitrogens is 1. The van der Waals surface area contributed by atoms with Gasteiger partial charge in [-0.2, -0.15) is 13.2 Å². The minimum absolute atomic E-state index is 0.0185. The van der Waals surface area contributed by atoms with Gasteiger partial charge in [0.05, 0.1) is 28.4 Å². The van der Waals surface area contributed by atoms with Gasteiger partial charge in [0, 0.05) is 12.2 Å². The largest absolute Gasteiger partial charge is 0.416 e. The van der Waals surface area contributed by atoms with Crippen LogP contribution in [0.5, 0.6) is 0 Å². The zero-order valence-corrected chi connectivity index (χ0v) is 17.4. The minimum atomic E-state index is -4.51. The van der Waals surface area contributed by atoms with Gasteiger partial charge in [-0.3, -0.25) is 9.69 Å². The van der Waals surface area contributed by atoms with Gasteiger partial charge in [-0.25, -0.2) is 4.98 Å². The molecule has 2 aromatic carbocycles. The van der Waals surface area contributed by atoms with Crippen molar-refractivity contribution in [2.24, 2.45) is 0 Å². The van der Waals surface area contributed by atoms with E-state index in [1.54, 1.807) is 0 Å². The number of benzene rings is 2. The van der Waals surface area contributed by atoms with Crippen LogP contribution in [0.4, 0.5) is 18.3 Å². The normalized spacial score (nSPS) is 16.9. The lowest BCUT2D eigenvalue weighted by Gasteiger charge is -2.23. The van der Waals surface area contributed by atoms with Crippen molar-refractivity contribution in [3.63, 3.8) is 0 Å². The number of anilines is 1. The zero-order valence-electron chi connectivity index (χ0n) is 16.6. The van der Waals surface area contributed by atoms with Gasteiger partial charge in [0.1, 0.15) is 0 Å². The molecule has 1 fully saturated rings. The molecule has 4 rings (SSSR count). The van der Waals surface area contributed by atoms with E-state index >= 15 is 0 Å². The first-order chi connectivity index (χ1) is 14.2. The molecule has 1 aliphatic heterocycles. The zero-order chi connectivity index (χ0) is 21.5. The summed E-state index contributed by atoms with van der Waals surface area (Å²) in [5.74, 6) is -0.509. The molecular weight excluding hydrogens is 413 g/mol. The third-order valence-corrected chi connectivity index (χ3v) is 6.44. The molecule has 4 nitrogen and oxygen atoms in total. The number of nitrogens with zero attached hydrogens (tertiary/aromatic N) is 2. The van der Waals surface area contributed by atoms with E-state index in [0.717, 1.165) is 46.3 Å². The molecule has 0 radical (unpaired) electrons. The molecule has 1 aromatic heterocycles. The van der Waals surface area contributed by atoms with Crippen LogP contribution < -0.4 is 4.90 Å². The number of amides is 1. The Balaban J connectivity index is 1.75. The second kappa shape index (κ2) is 8.00. The highest BCUT2D eigenvalue weighted by Gasteiger charge is 2.32. The first-order valence-electron chi connectivity index (χ1n) is 9.71. The lowest BCUT2D eigenvalue weighted by Crippen LogP contribution is -2.37. The molecule has 0 spiro atoms. The minimum Gasteiger partial charge on any atom is -0.376 e. The topological polar surface area (TPSA) is 42.4 Å². The molecule has 30 heavy (non-hydrogen) atoms. The van der Waals surface area contributed by atoms with E-state index in [2.05, 4.69) is 4.98 Å². The average molecular weight is 434 g/mol. The smallest absolute Gasteiger partial charge is 0.376 e. The Morgan fingerprint density at radius 1 is 1.27 bits per heavy atom. The third kappa shape index (κ3) is 4.06. The summed E-state index contributed by atoms with van der Waals surface area (Å²) in [4.78, 5) is 19.5. The Morgan fingerprint density at radius 3 is 2.77 bits per heavy atom. The van der Waals surface area contributed by atoms with Gasteiger partial charge < -0.3 is 4.74 Å². The lowest BCUT2D eigenvalue weighted by atomic mass is 10.1. The first-order valence-corrected chi connectivity index (χ1v) is 10.5. The number of hydrogen-bond donors (Lipinski definition) is 0. The SMILES string of the molecule is Cc1ccc2sc(N(CC3CCCO3)C(=O)c3cccc(C(F)(F)F)c3)nc2c1C. The quantitative estimate of drug-likeness (QED) is 0.525. The number of halogens is 3. The van der Waals surface area contributed by atoms with Crippen molar-refractivity contribution in [3.8, 4) is 0 Å². The predicted molar refractivity (Wildman–Crippen MR) is 111 cm³/mol. The van der Waals surface area contributed by atoms with E-state index in [1.807, 2.05) is 26.0 Å². The summed E-state index contributed by atoms with van der Waals surface area (Å²) in [6.45, 7) is 4.84. The van der Waals surface area contributed by atoms with Crippen LogP contribution in [-0.4, -0.2) is 30.1 Å². The van der Waals surface area contributed by atoms with Crippen molar-refractivity contribution in [1.29, 1.82) is 0 Å². The van der Waals surface area contributed by atoms with Crippen molar-refractivity contribution in [2.75, 3.05) is 18.1 Å². The Hall–Kier alpha value is -2.45. The van der Waals surface area contributed by atoms with Crippen LogP contribution in [-0.2, 0) is 10.9 Å². The second-order valence-electron chi connectivity index (χ2n) is 7.48. The van der Waals surface area contributed by atoms with E-state index in [9.17, 15) is 18.0 Å². The first kappa shape index (κ1) is 20.8. The number of carbonyl (C=O) groups is 1. The molecule has 1 saturated heterocycles. The fraction of sp³-hybridized carbons (Fsp3) is 0.364. The molecule has 1 amide bonds. The van der Waals surface area contributed by atoms with Crippen molar-refractivity contribution in [3.05, 3.63) is 58.7 Å². The van der Waals surface area contributed by atoms with E-state index in [0.29, 0.717) is 11.7 Å². The van der Waals surface area contributed by atoms with Crippen LogP contribution in [0, 0.1) is 13.8 Å². The van der Waals surface area contributed by atoms with Crippen molar-refractivity contribution in [1.82, 2.24) is 4.98 Å². The van der Waals surface area contributed by atoms with Gasteiger partial charge in [0.15, 0.2) is 5.13 Å². The average Bonchev–Trinajstić information content (AvgIpc) is 3.38. The molecule has 0 N–H and O–H groups in total. The van der Waals surface area contributed by atoms with Crippen LogP contribution in [0.3, 0.4) is 0 Å². The Labute approximate surface area is 176 Å². The summed E-state index contributed by atoms with van der Waals surface area (Å²) in [5, 5.41) is 0.469. The Bertz CT molecular complexity index is 1090. The molecule has 2 heterocycles. The number of thiazole rings is 1. The van der Waals surface area contributed by atoms with Gasteiger partial charge in [-0.05, 0) is 62.1 Å². The van der Waals surface area contributed by atoms with E-state index in [-0.39, 0.29) is 18.2 Å². The Kier molecular flexibility index (Phi) is 5.55. The number of fused-ring (bicyclic) bond motifs is 1. The van der Waals surface area contributed by atoms with Gasteiger partial charge in [-0.15, -0.1) is 0 Å². The third-order valence-electron chi connectivity index (χ3n) is 5.40. The van der Waals surface area contributed by atoms with Gasteiger partial charge in [-0.1, -0.05) is 23.5 Å². The number of ether oxygens (including phenoxy) is 1. The summed E-state index contributed by atoms with van der Waals surface area (Å²) in [6, 6.07) is 8.48. The molecule has 158 valence electrons. The highest BCUT2D eigenvalue weighted by molar-refractivity contribution is 7.22. The molecule has 0 bridgehead atoms. The number of rotatable bonds is 4. The molecule has 1 aliphatic rings. The van der Waals surface area contributed by atoms with Crippen LogP contribution in [0.2, 0.25) is 0 Å². The molecule has 0 aliphatic carbocycles. The number of alkyl halides is 3. The standard InChI is InChI=1S/C22H21F3N2O2S/c1-13-8-9-18-19(14(13)2)26-21(30-18)27(12-17-7-4-10-29-17)20(28)15-5-3-6-16(11-15)22(23,24)25/h3,5-6,8-9,11,17H,4,7,10,12H2,1-2H3. The van der Waals surface area contributed by atoms with E-state index < -0.39 is 17.6 Å². The van der Waals surface area contributed by atoms with Gasteiger partial charge in [0.2, 0.25) is 0 Å². The second-order valence-corrected chi connectivity index (χ2v) is 8.49. The molecule has 1 unspecified atom stereocenters. The highest BCUT2D eigenvalue weighted by atomic mass is 32.1. The summed E-state index contributed by atoms with van der Waals surface area (Å²) < 4.78 is 46.1. The monoisotopic (exact) mass is 434 g/mol. The maximum atomic E-state index is 13.3. The van der Waals surface area contributed by atoms with Crippen LogP contribution in [0.15, 0.2) is 36.4 Å². The lowest BCUT2D eigenvalue weighted by molar-refractivity contribution is -0.137. The molecule has 8 heteroatoms. The van der Waals surface area contributed by atoms with Gasteiger partial charge in [0.25, 0.3) is 5.91 Å². The van der Waals surface area contributed by atoms with Crippen molar-refractivity contribution >= 4 is 32.6 Å². The maximum Gasteiger partial charge on any atom is 0.416 e. The van der Waals surface area contributed by atoms with E-state index in [1.165, 1.54) is 28.4 Å². The van der Waals surface area contributed by atoms with E-state index in [4.69, 9.17) is 4.74 Å². The molecule has 0 saturated carbocycles. The summed E-state index contributed by atoms with van der Waals surface area (Å²) >= 11 is 1.36. The molecular formula is C22H21F3N2O2S. The van der Waals surface area contributed by atoms with Crippen LogP contribution in [0.1, 0.15) is 39.9 Å². The van der Waals surface area contributed by atoms with Gasteiger partial charge >= 0.3 is 6.18 Å².